The molecule has 3 rings (SSSR count). The van der Waals surface area contributed by atoms with E-state index in [-0.39, 0.29) is 4.90 Å². The van der Waals surface area contributed by atoms with E-state index in [4.69, 9.17) is 4.52 Å². The van der Waals surface area contributed by atoms with E-state index < -0.39 is 10.0 Å². The zero-order chi connectivity index (χ0) is 19.2. The normalized spacial score (nSPS) is 11.8. The van der Waals surface area contributed by atoms with Crippen LogP contribution in [0.25, 0.3) is 11.3 Å². The zero-order valence-corrected chi connectivity index (χ0v) is 17.4. The Labute approximate surface area is 158 Å². The van der Waals surface area contributed by atoms with E-state index in [9.17, 15) is 8.42 Å². The Balaban J connectivity index is 2.15. The fourth-order valence-electron chi connectivity index (χ4n) is 3.14. The summed E-state index contributed by atoms with van der Waals surface area (Å²) in [4.78, 5) is 1.88. The van der Waals surface area contributed by atoms with Gasteiger partial charge in [-0.2, -0.15) is 0 Å². The van der Waals surface area contributed by atoms with Crippen molar-refractivity contribution in [3.8, 4) is 11.3 Å². The van der Waals surface area contributed by atoms with Crippen LogP contribution in [0, 0.1) is 41.5 Å². The van der Waals surface area contributed by atoms with Gasteiger partial charge in [0.1, 0.15) is 4.90 Å². The average molecular weight is 391 g/mol. The number of anilines is 1. The van der Waals surface area contributed by atoms with Gasteiger partial charge in [0, 0.05) is 21.0 Å². The molecule has 0 amide bonds. The number of benzene rings is 1. The van der Waals surface area contributed by atoms with E-state index in [1.807, 2.05) is 59.7 Å². The molecule has 0 aliphatic rings. The first kappa shape index (κ1) is 18.7. The zero-order valence-electron chi connectivity index (χ0n) is 15.7. The summed E-state index contributed by atoms with van der Waals surface area (Å²) in [6.07, 6.45) is 0. The minimum atomic E-state index is -3.77. The molecule has 0 saturated heterocycles. The van der Waals surface area contributed by atoms with Gasteiger partial charge >= 0.3 is 0 Å². The molecule has 0 aliphatic heterocycles. The highest BCUT2D eigenvalue weighted by atomic mass is 32.2. The molecular formula is C19H22N2O3S2. The van der Waals surface area contributed by atoms with Gasteiger partial charge in [-0.15, -0.1) is 11.3 Å². The number of aryl methyl sites for hydroxylation is 5. The van der Waals surface area contributed by atoms with E-state index >= 15 is 0 Å². The fraction of sp³-hybridized carbons (Fsp3) is 0.316. The lowest BCUT2D eigenvalue weighted by molar-refractivity contribution is 0.426. The van der Waals surface area contributed by atoms with Crippen molar-refractivity contribution in [1.29, 1.82) is 0 Å². The van der Waals surface area contributed by atoms with Crippen LogP contribution in [0.3, 0.4) is 0 Å². The molecular weight excluding hydrogens is 368 g/mol. The molecule has 0 radical (unpaired) electrons. The van der Waals surface area contributed by atoms with Crippen molar-refractivity contribution in [3.05, 3.63) is 50.3 Å². The Morgan fingerprint density at radius 2 is 1.58 bits per heavy atom. The summed E-state index contributed by atoms with van der Waals surface area (Å²) in [6.45, 7) is 11.3. The highest BCUT2D eigenvalue weighted by Gasteiger charge is 2.29. The maximum absolute atomic E-state index is 13.2. The summed E-state index contributed by atoms with van der Waals surface area (Å²) in [5.41, 5.74) is 4.78. The Kier molecular flexibility index (Phi) is 4.71. The quantitative estimate of drug-likeness (QED) is 0.676. The third-order valence-corrected chi connectivity index (χ3v) is 7.03. The van der Waals surface area contributed by atoms with Crippen molar-refractivity contribution < 1.29 is 12.9 Å². The molecule has 1 aromatic carbocycles. The SMILES string of the molecule is Cc1cc(C)cc(NS(=O)(=O)c2c(C)sc(C)c2-c2onc(C)c2C)c1. The Hall–Kier alpha value is -2.12. The molecule has 3 aromatic rings. The van der Waals surface area contributed by atoms with Crippen molar-refractivity contribution in [2.75, 3.05) is 4.72 Å². The van der Waals surface area contributed by atoms with Gasteiger partial charge in [-0.25, -0.2) is 8.42 Å². The number of thiophene rings is 1. The van der Waals surface area contributed by atoms with Crippen LogP contribution in [0.1, 0.15) is 32.1 Å². The Bertz CT molecular complexity index is 1070. The molecule has 0 fully saturated rings. The summed E-state index contributed by atoms with van der Waals surface area (Å²) < 4.78 is 34.6. The van der Waals surface area contributed by atoms with Crippen LogP contribution in [-0.2, 0) is 10.0 Å². The van der Waals surface area contributed by atoms with Gasteiger partial charge in [0.05, 0.1) is 11.3 Å². The van der Waals surface area contributed by atoms with E-state index in [0.29, 0.717) is 17.0 Å². The standard InChI is InChI=1S/C19H22N2O3S2/c1-10-7-11(2)9-16(8-10)21-26(22,23)19-15(6)25-14(5)17(19)18-12(3)13(4)20-24-18/h7-9,21H,1-6H3. The van der Waals surface area contributed by atoms with Crippen molar-refractivity contribution in [1.82, 2.24) is 5.16 Å². The molecule has 138 valence electrons. The molecule has 0 bridgehead atoms. The summed E-state index contributed by atoms with van der Waals surface area (Å²) in [5.74, 6) is 0.519. The number of rotatable bonds is 4. The van der Waals surface area contributed by atoms with E-state index in [1.54, 1.807) is 0 Å². The van der Waals surface area contributed by atoms with Crippen molar-refractivity contribution in [3.63, 3.8) is 0 Å². The second-order valence-electron chi connectivity index (χ2n) is 6.62. The van der Waals surface area contributed by atoms with Gasteiger partial charge in [0.2, 0.25) is 0 Å². The van der Waals surface area contributed by atoms with Crippen LogP contribution >= 0.6 is 11.3 Å². The number of aromatic nitrogens is 1. The topological polar surface area (TPSA) is 72.2 Å². The van der Waals surface area contributed by atoms with Gasteiger partial charge in [0.15, 0.2) is 5.76 Å². The highest BCUT2D eigenvalue weighted by molar-refractivity contribution is 7.93. The molecule has 5 nitrogen and oxygen atoms in total. The van der Waals surface area contributed by atoms with Gasteiger partial charge in [0.25, 0.3) is 10.0 Å². The summed E-state index contributed by atoms with van der Waals surface area (Å²) >= 11 is 1.45. The van der Waals surface area contributed by atoms with Crippen molar-refractivity contribution in [2.24, 2.45) is 0 Å². The van der Waals surface area contributed by atoms with Crippen LogP contribution in [-0.4, -0.2) is 13.6 Å². The largest absolute Gasteiger partial charge is 0.356 e. The third kappa shape index (κ3) is 3.29. The molecule has 0 saturated carbocycles. The van der Waals surface area contributed by atoms with E-state index in [1.165, 1.54) is 11.3 Å². The van der Waals surface area contributed by atoms with Crippen LogP contribution in [0.5, 0.6) is 0 Å². The molecule has 1 N–H and O–H groups in total. The van der Waals surface area contributed by atoms with Crippen LogP contribution in [0.2, 0.25) is 0 Å². The van der Waals surface area contributed by atoms with Crippen molar-refractivity contribution >= 4 is 27.0 Å². The first-order valence-corrected chi connectivity index (χ1v) is 10.5. The number of nitrogens with zero attached hydrogens (tertiary/aromatic N) is 1. The lowest BCUT2D eigenvalue weighted by Gasteiger charge is -2.11. The lowest BCUT2D eigenvalue weighted by Crippen LogP contribution is -2.14. The predicted octanol–water partition coefficient (Wildman–Crippen LogP) is 5.05. The molecule has 0 spiro atoms. The number of hydrogen-bond acceptors (Lipinski definition) is 5. The van der Waals surface area contributed by atoms with Crippen LogP contribution in [0.4, 0.5) is 5.69 Å². The summed E-state index contributed by atoms with van der Waals surface area (Å²) in [6, 6.07) is 5.65. The highest BCUT2D eigenvalue weighted by Crippen LogP contribution is 2.41. The summed E-state index contributed by atoms with van der Waals surface area (Å²) in [5, 5.41) is 3.99. The fourth-order valence-corrected chi connectivity index (χ4v) is 6.03. The van der Waals surface area contributed by atoms with Crippen molar-refractivity contribution in [2.45, 2.75) is 46.4 Å². The predicted molar refractivity (Wildman–Crippen MR) is 105 cm³/mol. The van der Waals surface area contributed by atoms with Crippen LogP contribution < -0.4 is 4.72 Å². The Morgan fingerprint density at radius 1 is 0.962 bits per heavy atom. The summed E-state index contributed by atoms with van der Waals surface area (Å²) in [7, 11) is -3.77. The molecule has 2 aromatic heterocycles. The molecule has 0 aliphatic carbocycles. The van der Waals surface area contributed by atoms with Gasteiger partial charge in [-0.05, 0) is 64.8 Å². The Morgan fingerprint density at radius 3 is 2.12 bits per heavy atom. The van der Waals surface area contributed by atoms with Gasteiger partial charge < -0.3 is 4.52 Å². The smallest absolute Gasteiger partial charge is 0.263 e. The average Bonchev–Trinajstić information content (AvgIpc) is 2.97. The number of nitrogens with one attached hydrogen (secondary N) is 1. The van der Waals surface area contributed by atoms with Crippen LogP contribution in [0.15, 0.2) is 27.6 Å². The molecule has 0 atom stereocenters. The molecule has 7 heteroatoms. The first-order valence-electron chi connectivity index (χ1n) is 8.24. The minimum absolute atomic E-state index is 0.262. The molecule has 26 heavy (non-hydrogen) atoms. The maximum atomic E-state index is 13.2. The first-order chi connectivity index (χ1) is 12.1. The third-order valence-electron chi connectivity index (χ3n) is 4.33. The molecule has 0 unspecified atom stereocenters. The number of sulfonamides is 1. The van der Waals surface area contributed by atoms with Gasteiger partial charge in [-0.3, -0.25) is 4.72 Å². The minimum Gasteiger partial charge on any atom is -0.356 e. The molecule has 2 heterocycles. The second-order valence-corrected chi connectivity index (χ2v) is 9.67. The maximum Gasteiger partial charge on any atom is 0.263 e. The lowest BCUT2D eigenvalue weighted by atomic mass is 10.1. The van der Waals surface area contributed by atoms with Gasteiger partial charge in [-0.1, -0.05) is 11.2 Å². The number of hydrogen-bond donors (Lipinski definition) is 1. The van der Waals surface area contributed by atoms with E-state index in [2.05, 4.69) is 9.88 Å². The van der Waals surface area contributed by atoms with E-state index in [0.717, 1.165) is 32.1 Å². The second kappa shape index (κ2) is 6.55. The monoisotopic (exact) mass is 390 g/mol.